The van der Waals surface area contributed by atoms with Crippen LogP contribution in [-0.4, -0.2) is 30.1 Å². The molecule has 0 saturated carbocycles. The molecule has 1 aromatic heterocycles. The van der Waals surface area contributed by atoms with Crippen molar-refractivity contribution >= 4 is 5.91 Å². The number of methoxy groups -OCH3 is 2. The SMILES string of the molecule is COc1ccc(CNC(=O)c2ccc(-c3nccc(Oc4ccccc4)n3)cc2)c(OC)c1. The number of nitrogens with zero attached hydrogens (tertiary/aromatic N) is 2. The normalized spacial score (nSPS) is 10.4. The summed E-state index contributed by atoms with van der Waals surface area (Å²) in [5.74, 6) is 2.81. The van der Waals surface area contributed by atoms with E-state index in [4.69, 9.17) is 14.2 Å². The maximum atomic E-state index is 12.6. The number of rotatable bonds is 8. The van der Waals surface area contributed by atoms with Gasteiger partial charge in [-0.2, -0.15) is 4.98 Å². The van der Waals surface area contributed by atoms with Crippen LogP contribution in [0, 0.1) is 0 Å². The second-order valence-electron chi connectivity index (χ2n) is 7.07. The molecule has 166 valence electrons. The lowest BCUT2D eigenvalue weighted by Crippen LogP contribution is -2.23. The van der Waals surface area contributed by atoms with Gasteiger partial charge in [0.1, 0.15) is 17.2 Å². The van der Waals surface area contributed by atoms with Gasteiger partial charge in [0.25, 0.3) is 5.91 Å². The lowest BCUT2D eigenvalue weighted by atomic mass is 10.1. The summed E-state index contributed by atoms with van der Waals surface area (Å²) in [5.41, 5.74) is 2.16. The Bertz CT molecular complexity index is 1230. The minimum Gasteiger partial charge on any atom is -0.497 e. The summed E-state index contributed by atoms with van der Waals surface area (Å²) in [7, 11) is 3.18. The molecule has 1 amide bonds. The molecule has 0 bridgehead atoms. The average molecular weight is 441 g/mol. The van der Waals surface area contributed by atoms with Gasteiger partial charge in [-0.25, -0.2) is 4.98 Å². The van der Waals surface area contributed by atoms with Crippen molar-refractivity contribution in [3.8, 4) is 34.5 Å². The van der Waals surface area contributed by atoms with Crippen molar-refractivity contribution < 1.29 is 19.0 Å². The molecule has 3 aromatic carbocycles. The molecular weight excluding hydrogens is 418 g/mol. The highest BCUT2D eigenvalue weighted by Crippen LogP contribution is 2.25. The molecule has 0 atom stereocenters. The van der Waals surface area contributed by atoms with Crippen LogP contribution in [0.4, 0.5) is 0 Å². The van der Waals surface area contributed by atoms with Gasteiger partial charge in [-0.05, 0) is 36.4 Å². The van der Waals surface area contributed by atoms with Crippen molar-refractivity contribution in [1.82, 2.24) is 15.3 Å². The lowest BCUT2D eigenvalue weighted by Gasteiger charge is -2.11. The Morgan fingerprint density at radius 2 is 1.67 bits per heavy atom. The van der Waals surface area contributed by atoms with Crippen LogP contribution < -0.4 is 19.5 Å². The number of nitrogens with one attached hydrogen (secondary N) is 1. The smallest absolute Gasteiger partial charge is 0.251 e. The first kappa shape index (κ1) is 21.8. The second-order valence-corrected chi connectivity index (χ2v) is 7.07. The molecular formula is C26H23N3O4. The molecule has 0 aliphatic rings. The Labute approximate surface area is 192 Å². The zero-order chi connectivity index (χ0) is 23.0. The molecule has 7 heteroatoms. The summed E-state index contributed by atoms with van der Waals surface area (Å²) in [4.78, 5) is 21.4. The summed E-state index contributed by atoms with van der Waals surface area (Å²) >= 11 is 0. The number of hydrogen-bond acceptors (Lipinski definition) is 6. The molecule has 1 N–H and O–H groups in total. The van der Waals surface area contributed by atoms with Crippen LogP contribution >= 0.6 is 0 Å². The van der Waals surface area contributed by atoms with Gasteiger partial charge >= 0.3 is 0 Å². The highest BCUT2D eigenvalue weighted by molar-refractivity contribution is 5.94. The van der Waals surface area contributed by atoms with Crippen LogP contribution in [-0.2, 0) is 6.54 Å². The Hall–Kier alpha value is -4.39. The zero-order valence-electron chi connectivity index (χ0n) is 18.3. The summed E-state index contributed by atoms with van der Waals surface area (Å²) < 4.78 is 16.4. The standard InChI is InChI=1S/C26H23N3O4/c1-31-22-13-12-20(23(16-22)32-2)17-28-26(30)19-10-8-18(9-11-19)25-27-15-14-24(29-25)33-21-6-4-3-5-7-21/h3-16H,17H2,1-2H3,(H,28,30). The van der Waals surface area contributed by atoms with E-state index < -0.39 is 0 Å². The van der Waals surface area contributed by atoms with E-state index in [9.17, 15) is 4.79 Å². The fourth-order valence-electron chi connectivity index (χ4n) is 3.19. The van der Waals surface area contributed by atoms with Crippen molar-refractivity contribution in [2.75, 3.05) is 14.2 Å². The predicted octanol–water partition coefficient (Wildman–Crippen LogP) is 4.88. The third-order valence-corrected chi connectivity index (χ3v) is 4.93. The minimum atomic E-state index is -0.193. The minimum absolute atomic E-state index is 0.193. The van der Waals surface area contributed by atoms with E-state index in [0.29, 0.717) is 41.1 Å². The monoisotopic (exact) mass is 441 g/mol. The van der Waals surface area contributed by atoms with Gasteiger partial charge in [-0.3, -0.25) is 4.79 Å². The van der Waals surface area contributed by atoms with Crippen LogP contribution in [0.25, 0.3) is 11.4 Å². The van der Waals surface area contributed by atoms with Crippen LogP contribution in [0.2, 0.25) is 0 Å². The largest absolute Gasteiger partial charge is 0.497 e. The van der Waals surface area contributed by atoms with Gasteiger partial charge in [0, 0.05) is 41.6 Å². The van der Waals surface area contributed by atoms with Gasteiger partial charge in [-0.1, -0.05) is 30.3 Å². The molecule has 0 saturated heterocycles. The Balaban J connectivity index is 1.42. The second kappa shape index (κ2) is 10.3. The van der Waals surface area contributed by atoms with E-state index in [-0.39, 0.29) is 5.91 Å². The molecule has 0 aliphatic heterocycles. The quantitative estimate of drug-likeness (QED) is 0.420. The van der Waals surface area contributed by atoms with E-state index >= 15 is 0 Å². The number of aromatic nitrogens is 2. The van der Waals surface area contributed by atoms with E-state index in [1.54, 1.807) is 44.7 Å². The molecule has 0 spiro atoms. The third kappa shape index (κ3) is 5.46. The average Bonchev–Trinajstić information content (AvgIpc) is 2.88. The number of hydrogen-bond donors (Lipinski definition) is 1. The van der Waals surface area contributed by atoms with E-state index in [2.05, 4.69) is 15.3 Å². The molecule has 4 aromatic rings. The molecule has 7 nitrogen and oxygen atoms in total. The Morgan fingerprint density at radius 1 is 0.879 bits per heavy atom. The molecule has 4 rings (SSSR count). The number of ether oxygens (including phenoxy) is 3. The highest BCUT2D eigenvalue weighted by atomic mass is 16.5. The molecule has 0 fully saturated rings. The molecule has 0 aliphatic carbocycles. The number of amides is 1. The van der Waals surface area contributed by atoms with Gasteiger partial charge in [0.2, 0.25) is 5.88 Å². The molecule has 1 heterocycles. The van der Waals surface area contributed by atoms with Crippen LogP contribution in [0.15, 0.2) is 85.1 Å². The van der Waals surface area contributed by atoms with Crippen molar-refractivity contribution in [2.24, 2.45) is 0 Å². The van der Waals surface area contributed by atoms with Crippen molar-refractivity contribution in [3.63, 3.8) is 0 Å². The summed E-state index contributed by atoms with van der Waals surface area (Å²) in [6.45, 7) is 0.329. The molecule has 33 heavy (non-hydrogen) atoms. The van der Waals surface area contributed by atoms with Crippen LogP contribution in [0.1, 0.15) is 15.9 Å². The first-order valence-corrected chi connectivity index (χ1v) is 10.3. The van der Waals surface area contributed by atoms with Crippen LogP contribution in [0.3, 0.4) is 0 Å². The third-order valence-electron chi connectivity index (χ3n) is 4.93. The van der Waals surface area contributed by atoms with Crippen LogP contribution in [0.5, 0.6) is 23.1 Å². The van der Waals surface area contributed by atoms with Gasteiger partial charge in [0.05, 0.1) is 14.2 Å². The van der Waals surface area contributed by atoms with Gasteiger partial charge in [0.15, 0.2) is 5.82 Å². The topological polar surface area (TPSA) is 82.6 Å². The number of carbonyl (C=O) groups is 1. The Morgan fingerprint density at radius 3 is 2.39 bits per heavy atom. The maximum absolute atomic E-state index is 12.6. The molecule has 0 unspecified atom stereocenters. The van der Waals surface area contributed by atoms with Crippen molar-refractivity contribution in [1.29, 1.82) is 0 Å². The summed E-state index contributed by atoms with van der Waals surface area (Å²) in [6, 6.07) is 23.7. The first-order chi connectivity index (χ1) is 16.2. The van der Waals surface area contributed by atoms with E-state index in [1.807, 2.05) is 54.6 Å². The van der Waals surface area contributed by atoms with Crippen molar-refractivity contribution in [2.45, 2.75) is 6.54 Å². The number of para-hydroxylation sites is 1. The van der Waals surface area contributed by atoms with Gasteiger partial charge < -0.3 is 19.5 Å². The zero-order valence-corrected chi connectivity index (χ0v) is 18.3. The number of carbonyl (C=O) groups excluding carboxylic acids is 1. The van der Waals surface area contributed by atoms with E-state index in [0.717, 1.165) is 11.1 Å². The molecule has 0 radical (unpaired) electrons. The first-order valence-electron chi connectivity index (χ1n) is 10.3. The van der Waals surface area contributed by atoms with Gasteiger partial charge in [-0.15, -0.1) is 0 Å². The fraction of sp³-hybridized carbons (Fsp3) is 0.115. The lowest BCUT2D eigenvalue weighted by molar-refractivity contribution is 0.0950. The maximum Gasteiger partial charge on any atom is 0.251 e. The summed E-state index contributed by atoms with van der Waals surface area (Å²) in [5, 5.41) is 2.91. The Kier molecular flexibility index (Phi) is 6.80. The summed E-state index contributed by atoms with van der Waals surface area (Å²) in [6.07, 6.45) is 1.64. The van der Waals surface area contributed by atoms with E-state index in [1.165, 1.54) is 0 Å². The van der Waals surface area contributed by atoms with Crippen molar-refractivity contribution in [3.05, 3.63) is 96.2 Å². The number of benzene rings is 3. The highest BCUT2D eigenvalue weighted by Gasteiger charge is 2.10. The predicted molar refractivity (Wildman–Crippen MR) is 125 cm³/mol. The fourth-order valence-corrected chi connectivity index (χ4v) is 3.19.